The zero-order valence-electron chi connectivity index (χ0n) is 11.2. The van der Waals surface area contributed by atoms with E-state index in [9.17, 15) is 9.59 Å². The minimum absolute atomic E-state index is 0.0801. The molecule has 1 aromatic carbocycles. The summed E-state index contributed by atoms with van der Waals surface area (Å²) in [6.07, 6.45) is -0.312. The van der Waals surface area contributed by atoms with Crippen molar-refractivity contribution in [1.29, 1.82) is 0 Å². The fourth-order valence-electron chi connectivity index (χ4n) is 2.10. The monoisotopic (exact) mass is 302 g/mol. The van der Waals surface area contributed by atoms with Crippen molar-refractivity contribution in [1.82, 2.24) is 5.32 Å². The Balaban J connectivity index is 1.60. The van der Waals surface area contributed by atoms with Gasteiger partial charge in [0.2, 0.25) is 0 Å². The molecule has 0 atom stereocenters. The van der Waals surface area contributed by atoms with Gasteiger partial charge in [-0.15, -0.1) is 0 Å². The molecule has 0 spiro atoms. The summed E-state index contributed by atoms with van der Waals surface area (Å²) in [4.78, 5) is 24.9. The Hall–Kier alpha value is -2.34. The van der Waals surface area contributed by atoms with Crippen LogP contribution in [-0.2, 0) is 11.3 Å². The molecule has 1 N–H and O–H groups in total. The quantitative estimate of drug-likeness (QED) is 0.944. The Morgan fingerprint density at radius 1 is 1.29 bits per heavy atom. The van der Waals surface area contributed by atoms with Gasteiger partial charge in [-0.05, 0) is 29.1 Å². The summed E-state index contributed by atoms with van der Waals surface area (Å²) < 4.78 is 4.90. The number of nitrogens with zero attached hydrogens (tertiary/aromatic N) is 1. The van der Waals surface area contributed by atoms with Crippen LogP contribution in [0.5, 0.6) is 0 Å². The van der Waals surface area contributed by atoms with Gasteiger partial charge in [-0.1, -0.05) is 12.1 Å². The number of carbonyl (C=O) groups excluding carboxylic acids is 2. The lowest BCUT2D eigenvalue weighted by Crippen LogP contribution is -2.24. The first kappa shape index (κ1) is 13.6. The Kier molecular flexibility index (Phi) is 3.87. The summed E-state index contributed by atoms with van der Waals surface area (Å²) in [5.41, 5.74) is 2.47. The second-order valence-corrected chi connectivity index (χ2v) is 5.41. The summed E-state index contributed by atoms with van der Waals surface area (Å²) in [6, 6.07) is 9.31. The van der Waals surface area contributed by atoms with Crippen LogP contribution in [0, 0.1) is 0 Å². The fourth-order valence-corrected chi connectivity index (χ4v) is 2.74. The number of carbonyl (C=O) groups is 2. The van der Waals surface area contributed by atoms with Crippen molar-refractivity contribution in [2.45, 2.75) is 6.54 Å². The van der Waals surface area contributed by atoms with Gasteiger partial charge < -0.3 is 10.1 Å². The van der Waals surface area contributed by atoms with Crippen molar-refractivity contribution >= 4 is 29.0 Å². The van der Waals surface area contributed by atoms with E-state index in [4.69, 9.17) is 4.74 Å². The van der Waals surface area contributed by atoms with Gasteiger partial charge >= 0.3 is 6.09 Å². The van der Waals surface area contributed by atoms with Crippen LogP contribution in [-0.4, -0.2) is 25.2 Å². The molecule has 2 aromatic rings. The van der Waals surface area contributed by atoms with Crippen LogP contribution in [0.3, 0.4) is 0 Å². The molecular formula is C15H14N2O3S. The number of hydrogen-bond donors (Lipinski definition) is 1. The Labute approximate surface area is 126 Å². The van der Waals surface area contributed by atoms with E-state index in [1.165, 1.54) is 11.3 Å². The highest BCUT2D eigenvalue weighted by atomic mass is 32.1. The molecular weight excluding hydrogens is 288 g/mol. The number of cyclic esters (lactones) is 1. The second-order valence-electron chi connectivity index (χ2n) is 4.63. The normalized spacial score (nSPS) is 14.1. The lowest BCUT2D eigenvalue weighted by molar-refractivity contribution is 0.0951. The highest BCUT2D eigenvalue weighted by Crippen LogP contribution is 2.19. The molecule has 0 saturated carbocycles. The van der Waals surface area contributed by atoms with Crippen molar-refractivity contribution in [3.05, 3.63) is 52.2 Å². The average Bonchev–Trinajstić information content (AvgIpc) is 3.17. The van der Waals surface area contributed by atoms with E-state index in [1.807, 2.05) is 35.0 Å². The summed E-state index contributed by atoms with van der Waals surface area (Å²) in [5.74, 6) is -0.0801. The Morgan fingerprint density at radius 3 is 2.71 bits per heavy atom. The molecule has 0 bridgehead atoms. The summed E-state index contributed by atoms with van der Waals surface area (Å²) in [5, 5.41) is 6.55. The largest absolute Gasteiger partial charge is 0.447 e. The lowest BCUT2D eigenvalue weighted by Gasteiger charge is -2.13. The van der Waals surface area contributed by atoms with Gasteiger partial charge in [-0.2, -0.15) is 11.3 Å². The Morgan fingerprint density at radius 2 is 2.10 bits per heavy atom. The molecule has 5 nitrogen and oxygen atoms in total. The molecule has 2 amide bonds. The van der Waals surface area contributed by atoms with Crippen molar-refractivity contribution < 1.29 is 14.3 Å². The summed E-state index contributed by atoms with van der Waals surface area (Å²) in [7, 11) is 0. The van der Waals surface area contributed by atoms with Gasteiger partial charge in [0.15, 0.2) is 0 Å². The Bertz CT molecular complexity index is 637. The predicted octanol–water partition coefficient (Wildman–Crippen LogP) is 2.63. The van der Waals surface area contributed by atoms with Crippen molar-refractivity contribution in [3.8, 4) is 0 Å². The third-order valence-electron chi connectivity index (χ3n) is 3.25. The fraction of sp³-hybridized carbons (Fsp3) is 0.200. The topological polar surface area (TPSA) is 58.6 Å². The molecule has 1 aromatic heterocycles. The number of ether oxygens (including phenoxy) is 1. The molecule has 0 unspecified atom stereocenters. The van der Waals surface area contributed by atoms with E-state index in [0.29, 0.717) is 25.3 Å². The average molecular weight is 302 g/mol. The van der Waals surface area contributed by atoms with Gasteiger partial charge in [0.1, 0.15) is 6.61 Å². The molecule has 108 valence electrons. The first-order valence-electron chi connectivity index (χ1n) is 6.58. The van der Waals surface area contributed by atoms with Crippen molar-refractivity contribution in [2.75, 3.05) is 18.1 Å². The van der Waals surface area contributed by atoms with Gasteiger partial charge in [-0.3, -0.25) is 9.69 Å². The first-order chi connectivity index (χ1) is 10.2. The van der Waals surface area contributed by atoms with Crippen LogP contribution in [0.2, 0.25) is 0 Å². The van der Waals surface area contributed by atoms with E-state index in [1.54, 1.807) is 11.0 Å². The highest BCUT2D eigenvalue weighted by molar-refractivity contribution is 7.08. The first-order valence-corrected chi connectivity index (χ1v) is 7.52. The number of thiophene rings is 1. The molecule has 0 aliphatic carbocycles. The predicted molar refractivity (Wildman–Crippen MR) is 80.6 cm³/mol. The van der Waals surface area contributed by atoms with E-state index >= 15 is 0 Å². The maximum atomic E-state index is 11.8. The molecule has 1 aliphatic rings. The molecule has 1 saturated heterocycles. The molecule has 21 heavy (non-hydrogen) atoms. The standard InChI is InChI=1S/C15H14N2O3S/c18-14(12-5-8-21-10-12)16-9-11-1-3-13(4-2-11)17-6-7-20-15(17)19/h1-5,8,10H,6-7,9H2,(H,16,18). The van der Waals surface area contributed by atoms with Crippen LogP contribution in [0.4, 0.5) is 10.5 Å². The number of hydrogen-bond acceptors (Lipinski definition) is 4. The van der Waals surface area contributed by atoms with Crippen LogP contribution in [0.15, 0.2) is 41.1 Å². The molecule has 6 heteroatoms. The smallest absolute Gasteiger partial charge is 0.414 e. The molecule has 2 heterocycles. The summed E-state index contributed by atoms with van der Waals surface area (Å²) in [6.45, 7) is 1.46. The van der Waals surface area contributed by atoms with E-state index in [2.05, 4.69) is 5.32 Å². The number of nitrogens with one attached hydrogen (secondary N) is 1. The zero-order chi connectivity index (χ0) is 14.7. The third kappa shape index (κ3) is 3.05. The van der Waals surface area contributed by atoms with Crippen LogP contribution >= 0.6 is 11.3 Å². The second kappa shape index (κ2) is 5.97. The van der Waals surface area contributed by atoms with Gasteiger partial charge in [0.25, 0.3) is 5.91 Å². The number of rotatable bonds is 4. The van der Waals surface area contributed by atoms with E-state index in [-0.39, 0.29) is 12.0 Å². The van der Waals surface area contributed by atoms with Crippen molar-refractivity contribution in [3.63, 3.8) is 0 Å². The lowest BCUT2D eigenvalue weighted by atomic mass is 10.2. The van der Waals surface area contributed by atoms with Crippen LogP contribution in [0.1, 0.15) is 15.9 Å². The third-order valence-corrected chi connectivity index (χ3v) is 3.93. The number of benzene rings is 1. The summed E-state index contributed by atoms with van der Waals surface area (Å²) >= 11 is 1.50. The highest BCUT2D eigenvalue weighted by Gasteiger charge is 2.23. The molecule has 0 radical (unpaired) electrons. The van der Waals surface area contributed by atoms with Crippen LogP contribution in [0.25, 0.3) is 0 Å². The SMILES string of the molecule is O=C(NCc1ccc(N2CCOC2=O)cc1)c1ccsc1. The maximum absolute atomic E-state index is 11.8. The van der Waals surface area contributed by atoms with Crippen LogP contribution < -0.4 is 10.2 Å². The molecule has 1 fully saturated rings. The van der Waals surface area contributed by atoms with Gasteiger partial charge in [0, 0.05) is 23.2 Å². The van der Waals surface area contributed by atoms with Crippen molar-refractivity contribution in [2.24, 2.45) is 0 Å². The number of amides is 2. The van der Waals surface area contributed by atoms with E-state index < -0.39 is 0 Å². The minimum Gasteiger partial charge on any atom is -0.447 e. The van der Waals surface area contributed by atoms with Gasteiger partial charge in [0.05, 0.1) is 6.54 Å². The van der Waals surface area contributed by atoms with E-state index in [0.717, 1.165) is 11.3 Å². The molecule has 3 rings (SSSR count). The maximum Gasteiger partial charge on any atom is 0.414 e. The zero-order valence-corrected chi connectivity index (χ0v) is 12.1. The van der Waals surface area contributed by atoms with Gasteiger partial charge in [-0.25, -0.2) is 4.79 Å². The minimum atomic E-state index is -0.312. The number of anilines is 1. The molecule has 1 aliphatic heterocycles.